The van der Waals surface area contributed by atoms with Crippen molar-refractivity contribution in [2.75, 3.05) is 0 Å². The number of rotatable bonds is 4. The van der Waals surface area contributed by atoms with Gasteiger partial charge >= 0.3 is 0 Å². The SMILES string of the molecule is C=CCC1CCCC=C(CC2(O)c3cc(C)ccc3CC2(C)C)C1. The molecule has 2 atom stereocenters. The summed E-state index contributed by atoms with van der Waals surface area (Å²) in [6, 6.07) is 6.60. The molecule has 2 unspecified atom stereocenters. The first-order valence-corrected chi connectivity index (χ1v) is 9.47. The number of benzene rings is 1. The Morgan fingerprint density at radius 2 is 2.12 bits per heavy atom. The van der Waals surface area contributed by atoms with Gasteiger partial charge in [-0.2, -0.15) is 0 Å². The van der Waals surface area contributed by atoms with Crippen LogP contribution in [0.25, 0.3) is 0 Å². The average Bonchev–Trinajstić information content (AvgIpc) is 2.67. The van der Waals surface area contributed by atoms with Crippen LogP contribution in [-0.4, -0.2) is 5.11 Å². The van der Waals surface area contributed by atoms with Crippen LogP contribution in [0.15, 0.2) is 42.5 Å². The van der Waals surface area contributed by atoms with E-state index >= 15 is 0 Å². The molecule has 2 aliphatic rings. The van der Waals surface area contributed by atoms with Crippen molar-refractivity contribution in [3.63, 3.8) is 0 Å². The maximum absolute atomic E-state index is 11.8. The molecule has 1 aromatic carbocycles. The minimum Gasteiger partial charge on any atom is -0.384 e. The molecule has 0 fully saturated rings. The van der Waals surface area contributed by atoms with Gasteiger partial charge in [0.05, 0.1) is 5.60 Å². The Morgan fingerprint density at radius 3 is 2.88 bits per heavy atom. The van der Waals surface area contributed by atoms with Gasteiger partial charge in [-0.1, -0.05) is 55.3 Å². The molecule has 1 N–H and O–H groups in total. The molecular weight excluding hydrogens is 292 g/mol. The average molecular weight is 325 g/mol. The van der Waals surface area contributed by atoms with E-state index in [1.165, 1.54) is 29.5 Å². The van der Waals surface area contributed by atoms with Gasteiger partial charge in [-0.15, -0.1) is 6.58 Å². The van der Waals surface area contributed by atoms with Crippen molar-refractivity contribution in [1.29, 1.82) is 0 Å². The van der Waals surface area contributed by atoms with Crippen LogP contribution in [0.3, 0.4) is 0 Å². The van der Waals surface area contributed by atoms with Crippen molar-refractivity contribution in [2.45, 2.75) is 71.3 Å². The Labute approximate surface area is 147 Å². The van der Waals surface area contributed by atoms with E-state index in [1.807, 2.05) is 0 Å². The quantitative estimate of drug-likeness (QED) is 0.689. The van der Waals surface area contributed by atoms with Crippen LogP contribution < -0.4 is 0 Å². The number of allylic oxidation sites excluding steroid dienone is 2. The zero-order chi connectivity index (χ0) is 17.4. The second kappa shape index (κ2) is 6.52. The zero-order valence-electron chi connectivity index (χ0n) is 15.6. The first kappa shape index (κ1) is 17.5. The summed E-state index contributed by atoms with van der Waals surface area (Å²) in [5.74, 6) is 0.696. The fourth-order valence-electron chi connectivity index (χ4n) is 4.73. The van der Waals surface area contributed by atoms with E-state index in [0.29, 0.717) is 5.92 Å². The molecular formula is C23H32O. The zero-order valence-corrected chi connectivity index (χ0v) is 15.6. The largest absolute Gasteiger partial charge is 0.384 e. The highest BCUT2D eigenvalue weighted by atomic mass is 16.3. The Bertz CT molecular complexity index is 652. The first-order chi connectivity index (χ1) is 11.4. The Morgan fingerprint density at radius 1 is 1.33 bits per heavy atom. The summed E-state index contributed by atoms with van der Waals surface area (Å²) >= 11 is 0. The van der Waals surface area contributed by atoms with Gasteiger partial charge in [0.1, 0.15) is 0 Å². The topological polar surface area (TPSA) is 20.2 Å². The summed E-state index contributed by atoms with van der Waals surface area (Å²) in [5, 5.41) is 11.8. The normalized spacial score (nSPS) is 28.8. The van der Waals surface area contributed by atoms with Crippen molar-refractivity contribution in [3.8, 4) is 0 Å². The van der Waals surface area contributed by atoms with Crippen LogP contribution in [0, 0.1) is 18.3 Å². The Hall–Kier alpha value is -1.34. The highest BCUT2D eigenvalue weighted by Crippen LogP contribution is 2.53. The van der Waals surface area contributed by atoms with Gasteiger partial charge in [-0.05, 0) is 62.5 Å². The molecule has 1 nitrogen and oxygen atoms in total. The summed E-state index contributed by atoms with van der Waals surface area (Å²) < 4.78 is 0. The van der Waals surface area contributed by atoms with Gasteiger partial charge in [0, 0.05) is 11.8 Å². The van der Waals surface area contributed by atoms with Crippen molar-refractivity contribution < 1.29 is 5.11 Å². The lowest BCUT2D eigenvalue weighted by Gasteiger charge is -2.39. The predicted molar refractivity (Wildman–Crippen MR) is 102 cm³/mol. The van der Waals surface area contributed by atoms with Gasteiger partial charge in [-0.25, -0.2) is 0 Å². The van der Waals surface area contributed by atoms with Crippen LogP contribution >= 0.6 is 0 Å². The molecule has 2 aliphatic carbocycles. The number of hydrogen-bond donors (Lipinski definition) is 1. The second-order valence-electron chi connectivity index (χ2n) is 8.65. The smallest absolute Gasteiger partial charge is 0.0989 e. The Kier molecular flexibility index (Phi) is 4.75. The number of aryl methyl sites for hydroxylation is 1. The molecule has 130 valence electrons. The van der Waals surface area contributed by atoms with Gasteiger partial charge in [0.25, 0.3) is 0 Å². The third kappa shape index (κ3) is 3.11. The molecule has 0 saturated heterocycles. The molecule has 3 rings (SSSR count). The third-order valence-electron chi connectivity index (χ3n) is 6.25. The van der Waals surface area contributed by atoms with Crippen molar-refractivity contribution in [2.24, 2.45) is 11.3 Å². The fourth-order valence-corrected chi connectivity index (χ4v) is 4.73. The number of hydrogen-bond acceptors (Lipinski definition) is 1. The van der Waals surface area contributed by atoms with Crippen LogP contribution in [0.1, 0.15) is 69.1 Å². The fraction of sp³-hybridized carbons (Fsp3) is 0.565. The minimum absolute atomic E-state index is 0.121. The molecule has 0 saturated carbocycles. The molecule has 0 heterocycles. The van der Waals surface area contributed by atoms with Crippen molar-refractivity contribution in [3.05, 3.63) is 59.2 Å². The van der Waals surface area contributed by atoms with E-state index in [-0.39, 0.29) is 5.41 Å². The summed E-state index contributed by atoms with van der Waals surface area (Å²) in [4.78, 5) is 0. The van der Waals surface area contributed by atoms with Gasteiger partial charge in [0.2, 0.25) is 0 Å². The van der Waals surface area contributed by atoms with E-state index in [0.717, 1.165) is 37.7 Å². The minimum atomic E-state index is -0.747. The molecule has 0 aliphatic heterocycles. The maximum Gasteiger partial charge on any atom is 0.0989 e. The number of aliphatic hydroxyl groups is 1. The molecule has 0 aromatic heterocycles. The molecule has 24 heavy (non-hydrogen) atoms. The maximum atomic E-state index is 11.8. The van der Waals surface area contributed by atoms with Crippen molar-refractivity contribution >= 4 is 0 Å². The van der Waals surface area contributed by atoms with Gasteiger partial charge in [-0.3, -0.25) is 0 Å². The summed E-state index contributed by atoms with van der Waals surface area (Å²) in [6.45, 7) is 10.5. The molecule has 1 aromatic rings. The first-order valence-electron chi connectivity index (χ1n) is 9.47. The van der Waals surface area contributed by atoms with Crippen LogP contribution in [0.4, 0.5) is 0 Å². The van der Waals surface area contributed by atoms with E-state index in [2.05, 4.69) is 57.7 Å². The lowest BCUT2D eigenvalue weighted by Crippen LogP contribution is -2.39. The molecule has 0 bridgehead atoms. The van der Waals surface area contributed by atoms with E-state index in [4.69, 9.17) is 0 Å². The van der Waals surface area contributed by atoms with Crippen molar-refractivity contribution in [1.82, 2.24) is 0 Å². The predicted octanol–water partition coefficient (Wildman–Crippen LogP) is 5.85. The van der Waals surface area contributed by atoms with Gasteiger partial charge < -0.3 is 5.11 Å². The van der Waals surface area contributed by atoms with Gasteiger partial charge in [0.15, 0.2) is 0 Å². The lowest BCUT2D eigenvalue weighted by molar-refractivity contribution is -0.0596. The standard InChI is InChI=1S/C23H32O/c1-5-8-18-9-6-7-10-19(14-18)15-23(24)21-13-17(2)11-12-20(21)16-22(23,3)4/h5,10-13,18,24H,1,6-9,14-16H2,2-4H3. The highest BCUT2D eigenvalue weighted by molar-refractivity contribution is 5.44. The highest BCUT2D eigenvalue weighted by Gasteiger charge is 2.51. The van der Waals surface area contributed by atoms with E-state index in [1.54, 1.807) is 0 Å². The molecule has 1 heteroatoms. The van der Waals surface area contributed by atoms with Crippen LogP contribution in [0.2, 0.25) is 0 Å². The summed E-state index contributed by atoms with van der Waals surface area (Å²) in [6.07, 6.45) is 12.1. The Balaban J connectivity index is 1.91. The molecule has 0 spiro atoms. The van der Waals surface area contributed by atoms with Crippen LogP contribution in [-0.2, 0) is 12.0 Å². The second-order valence-corrected chi connectivity index (χ2v) is 8.65. The molecule has 0 radical (unpaired) electrons. The van der Waals surface area contributed by atoms with E-state index in [9.17, 15) is 5.11 Å². The summed E-state index contributed by atoms with van der Waals surface area (Å²) in [7, 11) is 0. The molecule has 0 amide bonds. The third-order valence-corrected chi connectivity index (χ3v) is 6.25. The van der Waals surface area contributed by atoms with Crippen LogP contribution in [0.5, 0.6) is 0 Å². The lowest BCUT2D eigenvalue weighted by atomic mass is 9.71. The van der Waals surface area contributed by atoms with E-state index < -0.39 is 5.60 Å². The number of fused-ring (bicyclic) bond motifs is 1. The monoisotopic (exact) mass is 324 g/mol. The summed E-state index contributed by atoms with van der Waals surface area (Å²) in [5.41, 5.74) is 4.31.